The molecule has 1 amide bonds. The number of fused-ring (bicyclic) bond motifs is 1. The molecule has 0 fully saturated rings. The Morgan fingerprint density at radius 1 is 0.829 bits per heavy atom. The Bertz CT molecular complexity index is 1360. The fourth-order valence-electron chi connectivity index (χ4n) is 4.23. The lowest BCUT2D eigenvalue weighted by atomic mass is 9.90. The second kappa shape index (κ2) is 10.5. The van der Waals surface area contributed by atoms with E-state index in [-0.39, 0.29) is 5.91 Å². The van der Waals surface area contributed by atoms with Gasteiger partial charge < -0.3 is 4.74 Å². The maximum atomic E-state index is 14.4. The first-order valence-corrected chi connectivity index (χ1v) is 12.5. The normalized spacial score (nSPS) is 11.0. The van der Waals surface area contributed by atoms with Crippen LogP contribution in [0.5, 0.6) is 5.75 Å². The van der Waals surface area contributed by atoms with Crippen LogP contribution in [-0.4, -0.2) is 17.5 Å². The Morgan fingerprint density at radius 2 is 1.43 bits per heavy atom. The molecule has 0 unspecified atom stereocenters. The third kappa shape index (κ3) is 4.96. The van der Waals surface area contributed by atoms with E-state index in [4.69, 9.17) is 9.72 Å². The average molecular weight is 479 g/mol. The van der Waals surface area contributed by atoms with Gasteiger partial charge in [0.1, 0.15) is 11.3 Å². The van der Waals surface area contributed by atoms with Crippen LogP contribution in [0.3, 0.4) is 0 Å². The van der Waals surface area contributed by atoms with E-state index in [9.17, 15) is 4.79 Å². The first-order valence-electron chi connectivity index (χ1n) is 11.7. The number of hydrogen-bond donors (Lipinski definition) is 0. The smallest absolute Gasteiger partial charge is 0.241 e. The zero-order chi connectivity index (χ0) is 24.0. The number of benzene rings is 4. The number of carbonyl (C=O) groups excluding carboxylic acids is 1. The van der Waals surface area contributed by atoms with Crippen molar-refractivity contribution in [2.45, 2.75) is 19.4 Å². The number of amides is 1. The number of hydrogen-bond acceptors (Lipinski definition) is 4. The molecular formula is C30H26N2O2S. The van der Waals surface area contributed by atoms with Gasteiger partial charge >= 0.3 is 0 Å². The Kier molecular flexibility index (Phi) is 6.87. The molecule has 5 heteroatoms. The van der Waals surface area contributed by atoms with Crippen molar-refractivity contribution in [1.82, 2.24) is 4.98 Å². The lowest BCUT2D eigenvalue weighted by Gasteiger charge is -2.26. The van der Waals surface area contributed by atoms with Crippen molar-refractivity contribution >= 4 is 32.6 Å². The SMILES string of the molecule is CCOc1cccc2sc(N(Cc3ccccc3)C(=O)C(c3ccccc3)c3ccccc3)nc12. The second-order valence-electron chi connectivity index (χ2n) is 8.20. The number of para-hydroxylation sites is 1. The Balaban J connectivity index is 1.63. The summed E-state index contributed by atoms with van der Waals surface area (Å²) in [5.74, 6) is 0.282. The lowest BCUT2D eigenvalue weighted by Crippen LogP contribution is -2.35. The van der Waals surface area contributed by atoms with E-state index >= 15 is 0 Å². The van der Waals surface area contributed by atoms with Gasteiger partial charge in [0.2, 0.25) is 5.91 Å². The Morgan fingerprint density at radius 3 is 2.03 bits per heavy atom. The highest BCUT2D eigenvalue weighted by atomic mass is 32.1. The third-order valence-corrected chi connectivity index (χ3v) is 6.91. The molecule has 0 aliphatic rings. The van der Waals surface area contributed by atoms with Crippen LogP contribution in [0.4, 0.5) is 5.13 Å². The molecule has 174 valence electrons. The number of ether oxygens (including phenoxy) is 1. The summed E-state index contributed by atoms with van der Waals surface area (Å²) in [6.07, 6.45) is 0. The minimum Gasteiger partial charge on any atom is -0.492 e. The molecule has 0 spiro atoms. The summed E-state index contributed by atoms with van der Waals surface area (Å²) in [7, 11) is 0. The fraction of sp³-hybridized carbons (Fsp3) is 0.133. The molecule has 35 heavy (non-hydrogen) atoms. The van der Waals surface area contributed by atoms with Crippen LogP contribution in [0.2, 0.25) is 0 Å². The van der Waals surface area contributed by atoms with Crippen LogP contribution in [-0.2, 0) is 11.3 Å². The molecule has 0 aliphatic carbocycles. The predicted molar refractivity (Wildman–Crippen MR) is 143 cm³/mol. The quantitative estimate of drug-likeness (QED) is 0.240. The monoisotopic (exact) mass is 478 g/mol. The molecular weight excluding hydrogens is 452 g/mol. The first-order chi connectivity index (χ1) is 17.2. The minimum absolute atomic E-state index is 0.0109. The maximum absolute atomic E-state index is 14.4. The molecule has 0 bridgehead atoms. The number of carbonyl (C=O) groups is 1. The number of thiazole rings is 1. The van der Waals surface area contributed by atoms with E-state index in [1.165, 1.54) is 11.3 Å². The number of rotatable bonds is 8. The van der Waals surface area contributed by atoms with Crippen molar-refractivity contribution in [3.05, 3.63) is 126 Å². The van der Waals surface area contributed by atoms with Gasteiger partial charge in [0.15, 0.2) is 5.13 Å². The molecule has 0 saturated carbocycles. The third-order valence-electron chi connectivity index (χ3n) is 5.86. The van der Waals surface area contributed by atoms with Gasteiger partial charge in [-0.2, -0.15) is 0 Å². The van der Waals surface area contributed by atoms with Crippen LogP contribution >= 0.6 is 11.3 Å². The zero-order valence-electron chi connectivity index (χ0n) is 19.5. The summed E-state index contributed by atoms with van der Waals surface area (Å²) < 4.78 is 6.81. The standard InChI is InChI=1S/C30H26N2O2S/c1-2-34-25-19-12-20-26-28(25)31-30(35-26)32(21-22-13-6-3-7-14-22)29(33)27(23-15-8-4-9-16-23)24-17-10-5-11-18-24/h3-20,27H,2,21H2,1H3. The topological polar surface area (TPSA) is 42.4 Å². The van der Waals surface area contributed by atoms with Gasteiger partial charge in [-0.05, 0) is 35.7 Å². The molecule has 1 heterocycles. The fourth-order valence-corrected chi connectivity index (χ4v) is 5.22. The number of aromatic nitrogens is 1. The van der Waals surface area contributed by atoms with Crippen LogP contribution in [0.1, 0.15) is 29.5 Å². The molecule has 0 N–H and O–H groups in total. The molecule has 0 saturated heterocycles. The van der Waals surface area contributed by atoms with Gasteiger partial charge in [0, 0.05) is 0 Å². The van der Waals surface area contributed by atoms with Gasteiger partial charge in [-0.1, -0.05) is 108 Å². The molecule has 4 aromatic carbocycles. The van der Waals surface area contributed by atoms with Gasteiger partial charge in [-0.25, -0.2) is 4.98 Å². The molecule has 1 aromatic heterocycles. The van der Waals surface area contributed by atoms with E-state index in [1.54, 1.807) is 0 Å². The highest BCUT2D eigenvalue weighted by molar-refractivity contribution is 7.22. The van der Waals surface area contributed by atoms with Gasteiger partial charge in [-0.15, -0.1) is 0 Å². The van der Waals surface area contributed by atoms with E-state index in [0.717, 1.165) is 32.7 Å². The number of anilines is 1. The van der Waals surface area contributed by atoms with Gasteiger partial charge in [0.05, 0.1) is 23.8 Å². The molecule has 5 rings (SSSR count). The zero-order valence-corrected chi connectivity index (χ0v) is 20.3. The average Bonchev–Trinajstić information content (AvgIpc) is 3.34. The van der Waals surface area contributed by atoms with Crippen LogP contribution in [0.15, 0.2) is 109 Å². The van der Waals surface area contributed by atoms with Crippen molar-refractivity contribution in [3.63, 3.8) is 0 Å². The maximum Gasteiger partial charge on any atom is 0.241 e. The van der Waals surface area contributed by atoms with Crippen molar-refractivity contribution in [2.24, 2.45) is 0 Å². The van der Waals surface area contributed by atoms with Gasteiger partial charge in [0.25, 0.3) is 0 Å². The van der Waals surface area contributed by atoms with E-state index in [1.807, 2.05) is 121 Å². The summed E-state index contributed by atoms with van der Waals surface area (Å²) in [5.41, 5.74) is 3.75. The summed E-state index contributed by atoms with van der Waals surface area (Å²) in [6, 6.07) is 35.9. The molecule has 5 aromatic rings. The molecule has 4 nitrogen and oxygen atoms in total. The Labute approximate surface area is 209 Å². The molecule has 0 aliphatic heterocycles. The lowest BCUT2D eigenvalue weighted by molar-refractivity contribution is -0.119. The first kappa shape index (κ1) is 22.8. The number of nitrogens with zero attached hydrogens (tertiary/aromatic N) is 2. The summed E-state index contributed by atoms with van der Waals surface area (Å²) in [5, 5.41) is 0.665. The van der Waals surface area contributed by atoms with E-state index in [0.29, 0.717) is 18.3 Å². The highest BCUT2D eigenvalue weighted by Crippen LogP contribution is 2.37. The summed E-state index contributed by atoms with van der Waals surface area (Å²) in [4.78, 5) is 21.1. The molecule has 0 atom stereocenters. The summed E-state index contributed by atoms with van der Waals surface area (Å²) >= 11 is 1.51. The second-order valence-corrected chi connectivity index (χ2v) is 9.21. The van der Waals surface area contributed by atoms with Crippen molar-refractivity contribution in [2.75, 3.05) is 11.5 Å². The van der Waals surface area contributed by atoms with Crippen LogP contribution in [0, 0.1) is 0 Å². The van der Waals surface area contributed by atoms with Gasteiger partial charge in [-0.3, -0.25) is 9.69 Å². The van der Waals surface area contributed by atoms with E-state index in [2.05, 4.69) is 0 Å². The summed E-state index contributed by atoms with van der Waals surface area (Å²) in [6.45, 7) is 2.95. The van der Waals surface area contributed by atoms with Crippen molar-refractivity contribution in [3.8, 4) is 5.75 Å². The predicted octanol–water partition coefficient (Wildman–Crippen LogP) is 7.06. The van der Waals surface area contributed by atoms with Crippen molar-refractivity contribution in [1.29, 1.82) is 0 Å². The highest BCUT2D eigenvalue weighted by Gasteiger charge is 2.30. The minimum atomic E-state index is -0.445. The largest absolute Gasteiger partial charge is 0.492 e. The molecule has 0 radical (unpaired) electrons. The van der Waals surface area contributed by atoms with Crippen LogP contribution in [0.25, 0.3) is 10.2 Å². The Hall–Kier alpha value is -3.96. The van der Waals surface area contributed by atoms with Crippen LogP contribution < -0.4 is 9.64 Å². The van der Waals surface area contributed by atoms with Crippen molar-refractivity contribution < 1.29 is 9.53 Å². The van der Waals surface area contributed by atoms with E-state index < -0.39 is 5.92 Å².